The fourth-order valence-corrected chi connectivity index (χ4v) is 1.38. The average molecular weight is 205 g/mol. The molecule has 15 heavy (non-hydrogen) atoms. The Morgan fingerprint density at radius 3 is 2.60 bits per heavy atom. The number of rotatable bonds is 7. The molecule has 1 aromatic rings. The van der Waals surface area contributed by atoms with Gasteiger partial charge in [-0.1, -0.05) is 36.9 Å². The summed E-state index contributed by atoms with van der Waals surface area (Å²) in [4.78, 5) is 0. The van der Waals surface area contributed by atoms with Gasteiger partial charge >= 0.3 is 0 Å². The lowest BCUT2D eigenvalue weighted by Gasteiger charge is -2.07. The first-order chi connectivity index (χ1) is 7.34. The number of nitrogens with one attached hydrogen (secondary N) is 1. The summed E-state index contributed by atoms with van der Waals surface area (Å²) in [6.07, 6.45) is 1.88. The van der Waals surface area contributed by atoms with Gasteiger partial charge in [0.05, 0.1) is 0 Å². The lowest BCUT2D eigenvalue weighted by atomic mass is 10.1. The van der Waals surface area contributed by atoms with E-state index < -0.39 is 0 Å². The highest BCUT2D eigenvalue weighted by Gasteiger charge is 1.96. The van der Waals surface area contributed by atoms with Crippen LogP contribution in [-0.4, -0.2) is 24.8 Å². The first kappa shape index (κ1) is 12.0. The van der Waals surface area contributed by atoms with Gasteiger partial charge in [0.1, 0.15) is 0 Å². The van der Waals surface area contributed by atoms with Crippen LogP contribution in [0.3, 0.4) is 0 Å². The van der Waals surface area contributed by atoms with Gasteiger partial charge in [-0.15, -0.1) is 0 Å². The standard InChI is InChI=1S/C13H19NO/c1-12(11-14-9-5-6-10-15)13-7-3-2-4-8-13/h2-4,7-8,14-15H,1,5-6,9-11H2. The largest absolute Gasteiger partial charge is 0.396 e. The smallest absolute Gasteiger partial charge is 0.0431 e. The van der Waals surface area contributed by atoms with E-state index >= 15 is 0 Å². The van der Waals surface area contributed by atoms with Gasteiger partial charge in [-0.2, -0.15) is 0 Å². The number of aliphatic hydroxyl groups is 1. The molecule has 0 saturated heterocycles. The molecule has 0 unspecified atom stereocenters. The minimum Gasteiger partial charge on any atom is -0.396 e. The van der Waals surface area contributed by atoms with Crippen molar-refractivity contribution in [1.29, 1.82) is 0 Å². The Balaban J connectivity index is 2.20. The van der Waals surface area contributed by atoms with E-state index in [4.69, 9.17) is 5.11 Å². The highest BCUT2D eigenvalue weighted by molar-refractivity contribution is 5.64. The summed E-state index contributed by atoms with van der Waals surface area (Å²) in [5.74, 6) is 0. The number of unbranched alkanes of at least 4 members (excludes halogenated alkanes) is 1. The number of hydrogen-bond acceptors (Lipinski definition) is 2. The maximum absolute atomic E-state index is 8.61. The van der Waals surface area contributed by atoms with Crippen LogP contribution in [0.5, 0.6) is 0 Å². The first-order valence-electron chi connectivity index (χ1n) is 5.39. The van der Waals surface area contributed by atoms with Crippen LogP contribution in [0.2, 0.25) is 0 Å². The zero-order chi connectivity index (χ0) is 10.9. The van der Waals surface area contributed by atoms with E-state index in [1.165, 1.54) is 5.56 Å². The Morgan fingerprint density at radius 2 is 1.93 bits per heavy atom. The maximum Gasteiger partial charge on any atom is 0.0431 e. The molecule has 0 aliphatic heterocycles. The average Bonchev–Trinajstić information content (AvgIpc) is 2.30. The Morgan fingerprint density at radius 1 is 1.20 bits per heavy atom. The van der Waals surface area contributed by atoms with Crippen LogP contribution in [0, 0.1) is 0 Å². The second-order valence-corrected chi connectivity index (χ2v) is 3.58. The molecule has 0 spiro atoms. The van der Waals surface area contributed by atoms with Crippen LogP contribution >= 0.6 is 0 Å². The molecule has 0 bridgehead atoms. The molecule has 0 aromatic heterocycles. The summed E-state index contributed by atoms with van der Waals surface area (Å²) in [5, 5.41) is 11.9. The summed E-state index contributed by atoms with van der Waals surface area (Å²) in [7, 11) is 0. The second-order valence-electron chi connectivity index (χ2n) is 3.58. The lowest BCUT2D eigenvalue weighted by molar-refractivity contribution is 0.284. The molecule has 0 fully saturated rings. The van der Waals surface area contributed by atoms with Gasteiger partial charge in [-0.25, -0.2) is 0 Å². The van der Waals surface area contributed by atoms with Gasteiger partial charge in [-0.3, -0.25) is 0 Å². The fourth-order valence-electron chi connectivity index (χ4n) is 1.38. The fraction of sp³-hybridized carbons (Fsp3) is 0.385. The zero-order valence-electron chi connectivity index (χ0n) is 9.08. The number of hydrogen-bond donors (Lipinski definition) is 2. The van der Waals surface area contributed by atoms with Crippen LogP contribution in [0.15, 0.2) is 36.9 Å². The van der Waals surface area contributed by atoms with E-state index in [1.807, 2.05) is 18.2 Å². The Kier molecular flexibility index (Phi) is 5.74. The lowest BCUT2D eigenvalue weighted by Crippen LogP contribution is -2.17. The van der Waals surface area contributed by atoms with E-state index in [0.717, 1.165) is 31.5 Å². The van der Waals surface area contributed by atoms with Crippen molar-refractivity contribution in [3.8, 4) is 0 Å². The molecule has 0 atom stereocenters. The normalized spacial score (nSPS) is 10.2. The van der Waals surface area contributed by atoms with Crippen LogP contribution in [0.25, 0.3) is 5.57 Å². The van der Waals surface area contributed by atoms with Crippen molar-refractivity contribution in [1.82, 2.24) is 5.32 Å². The minimum absolute atomic E-state index is 0.279. The first-order valence-corrected chi connectivity index (χ1v) is 5.39. The van der Waals surface area contributed by atoms with Gasteiger partial charge in [0.2, 0.25) is 0 Å². The molecule has 2 N–H and O–H groups in total. The molecule has 82 valence electrons. The summed E-state index contributed by atoms with van der Waals surface area (Å²) >= 11 is 0. The van der Waals surface area contributed by atoms with Crippen LogP contribution in [0.4, 0.5) is 0 Å². The molecule has 0 amide bonds. The Labute approximate surface area is 91.6 Å². The summed E-state index contributed by atoms with van der Waals surface area (Å²) < 4.78 is 0. The maximum atomic E-state index is 8.61. The van der Waals surface area contributed by atoms with E-state index in [9.17, 15) is 0 Å². The van der Waals surface area contributed by atoms with Gasteiger partial charge in [0.15, 0.2) is 0 Å². The van der Waals surface area contributed by atoms with Crippen molar-refractivity contribution >= 4 is 5.57 Å². The molecule has 0 radical (unpaired) electrons. The van der Waals surface area contributed by atoms with Crippen molar-refractivity contribution in [2.75, 3.05) is 19.7 Å². The highest BCUT2D eigenvalue weighted by Crippen LogP contribution is 2.09. The third-order valence-corrected chi connectivity index (χ3v) is 2.28. The summed E-state index contributed by atoms with van der Waals surface area (Å²) in [6.45, 7) is 6.06. The molecule has 0 aliphatic rings. The second kappa shape index (κ2) is 7.21. The van der Waals surface area contributed by atoms with Crippen molar-refractivity contribution in [3.05, 3.63) is 42.5 Å². The molecule has 1 aromatic carbocycles. The van der Waals surface area contributed by atoms with E-state index in [1.54, 1.807) is 0 Å². The Hall–Kier alpha value is -1.12. The molecular weight excluding hydrogens is 186 g/mol. The zero-order valence-corrected chi connectivity index (χ0v) is 9.08. The highest BCUT2D eigenvalue weighted by atomic mass is 16.2. The molecule has 2 nitrogen and oxygen atoms in total. The van der Waals surface area contributed by atoms with Crippen LogP contribution < -0.4 is 5.32 Å². The molecule has 0 heterocycles. The quantitative estimate of drug-likeness (QED) is 0.668. The van der Waals surface area contributed by atoms with E-state index in [-0.39, 0.29) is 6.61 Å². The van der Waals surface area contributed by atoms with Crippen molar-refractivity contribution in [3.63, 3.8) is 0 Å². The van der Waals surface area contributed by atoms with Gasteiger partial charge < -0.3 is 10.4 Å². The number of aliphatic hydroxyl groups excluding tert-OH is 1. The van der Waals surface area contributed by atoms with E-state index in [2.05, 4.69) is 24.0 Å². The minimum atomic E-state index is 0.279. The molecular formula is C13H19NO. The molecule has 2 heteroatoms. The van der Waals surface area contributed by atoms with Gasteiger partial charge in [-0.05, 0) is 30.5 Å². The monoisotopic (exact) mass is 205 g/mol. The number of benzene rings is 1. The molecule has 0 saturated carbocycles. The van der Waals surface area contributed by atoms with Crippen molar-refractivity contribution in [2.24, 2.45) is 0 Å². The van der Waals surface area contributed by atoms with Crippen LogP contribution in [0.1, 0.15) is 18.4 Å². The summed E-state index contributed by atoms with van der Waals surface area (Å²) in [5.41, 5.74) is 2.30. The molecule has 1 rings (SSSR count). The van der Waals surface area contributed by atoms with E-state index in [0.29, 0.717) is 0 Å². The Bertz CT molecular complexity index is 282. The third-order valence-electron chi connectivity index (χ3n) is 2.28. The molecule has 0 aliphatic carbocycles. The van der Waals surface area contributed by atoms with Gasteiger partial charge in [0, 0.05) is 13.2 Å². The van der Waals surface area contributed by atoms with Gasteiger partial charge in [0.25, 0.3) is 0 Å². The van der Waals surface area contributed by atoms with Crippen molar-refractivity contribution < 1.29 is 5.11 Å². The SMILES string of the molecule is C=C(CNCCCCO)c1ccccc1. The van der Waals surface area contributed by atoms with Crippen LogP contribution in [-0.2, 0) is 0 Å². The predicted octanol–water partition coefficient (Wildman–Crippen LogP) is 2.06. The summed E-state index contributed by atoms with van der Waals surface area (Å²) in [6, 6.07) is 10.2. The van der Waals surface area contributed by atoms with Crippen molar-refractivity contribution in [2.45, 2.75) is 12.8 Å². The topological polar surface area (TPSA) is 32.3 Å². The predicted molar refractivity (Wildman–Crippen MR) is 64.7 cm³/mol. The third kappa shape index (κ3) is 4.77.